The van der Waals surface area contributed by atoms with Gasteiger partial charge in [0, 0.05) is 12.6 Å². The Morgan fingerprint density at radius 3 is 2.88 bits per heavy atom. The van der Waals surface area contributed by atoms with Crippen molar-refractivity contribution in [3.8, 4) is 5.75 Å². The van der Waals surface area contributed by atoms with E-state index in [2.05, 4.69) is 24.8 Å². The third-order valence-corrected chi connectivity index (χ3v) is 3.57. The Morgan fingerprint density at radius 1 is 1.38 bits per heavy atom. The number of hydrogen-bond donors (Lipinski definition) is 1. The van der Waals surface area contributed by atoms with Gasteiger partial charge in [0.1, 0.15) is 5.75 Å². The summed E-state index contributed by atoms with van der Waals surface area (Å²) in [6.45, 7) is 6.78. The van der Waals surface area contributed by atoms with Crippen molar-refractivity contribution >= 4 is 0 Å². The van der Waals surface area contributed by atoms with Gasteiger partial charge in [-0.25, -0.2) is 0 Å². The smallest absolute Gasteiger partial charge is 0.115 e. The van der Waals surface area contributed by atoms with E-state index in [1.165, 1.54) is 24.9 Å². The second-order valence-electron chi connectivity index (χ2n) is 5.12. The molecule has 2 rings (SSSR count). The van der Waals surface area contributed by atoms with Crippen LogP contribution in [0.5, 0.6) is 5.75 Å². The topological polar surface area (TPSA) is 23.5 Å². The summed E-state index contributed by atoms with van der Waals surface area (Å²) in [6, 6.07) is 8.26. The third kappa shape index (κ3) is 2.76. The highest BCUT2D eigenvalue weighted by Crippen LogP contribution is 2.24. The van der Waals surface area contributed by atoms with Gasteiger partial charge in [0.15, 0.2) is 0 Å². The lowest BCUT2D eigenvalue weighted by atomic mass is 9.93. The van der Waals surface area contributed by atoms with Gasteiger partial charge in [-0.05, 0) is 49.9 Å². The minimum absolute atomic E-state index is 0.371. The van der Waals surface area contributed by atoms with E-state index in [-0.39, 0.29) is 0 Å². The first-order valence-electron chi connectivity index (χ1n) is 6.17. The van der Waals surface area contributed by atoms with Gasteiger partial charge in [0.05, 0.1) is 0 Å². The molecule has 2 nitrogen and oxygen atoms in total. The van der Waals surface area contributed by atoms with Gasteiger partial charge in [-0.1, -0.05) is 19.1 Å². The zero-order valence-corrected chi connectivity index (χ0v) is 10.2. The maximum Gasteiger partial charge on any atom is 0.115 e. The first-order chi connectivity index (χ1) is 7.65. The molecule has 0 amide bonds. The van der Waals surface area contributed by atoms with E-state index >= 15 is 0 Å². The van der Waals surface area contributed by atoms with E-state index in [0.29, 0.717) is 11.8 Å². The second-order valence-corrected chi connectivity index (χ2v) is 5.12. The fourth-order valence-corrected chi connectivity index (χ4v) is 2.58. The number of piperidine rings is 1. The number of hydrogen-bond acceptors (Lipinski definition) is 2. The van der Waals surface area contributed by atoms with Crippen molar-refractivity contribution in [1.29, 1.82) is 0 Å². The summed E-state index contributed by atoms with van der Waals surface area (Å²) in [6.07, 6.45) is 2.59. The summed E-state index contributed by atoms with van der Waals surface area (Å²) in [5.74, 6) is 1.23. The molecule has 1 aliphatic heterocycles. The molecule has 1 aromatic carbocycles. The molecule has 2 unspecified atom stereocenters. The number of phenols is 1. The Hall–Kier alpha value is -1.02. The molecule has 1 N–H and O–H groups in total. The quantitative estimate of drug-likeness (QED) is 0.826. The van der Waals surface area contributed by atoms with Crippen LogP contribution in [-0.2, 0) is 6.54 Å². The van der Waals surface area contributed by atoms with Crippen LogP contribution in [0.2, 0.25) is 0 Å². The van der Waals surface area contributed by atoms with Crippen LogP contribution in [0.4, 0.5) is 0 Å². The third-order valence-electron chi connectivity index (χ3n) is 3.57. The summed E-state index contributed by atoms with van der Waals surface area (Å²) in [4.78, 5) is 2.51. The maximum atomic E-state index is 9.43. The highest BCUT2D eigenvalue weighted by molar-refractivity contribution is 5.27. The minimum atomic E-state index is 0.371. The van der Waals surface area contributed by atoms with Crippen LogP contribution in [0.1, 0.15) is 32.3 Å². The van der Waals surface area contributed by atoms with Crippen molar-refractivity contribution in [2.24, 2.45) is 5.92 Å². The van der Waals surface area contributed by atoms with Crippen molar-refractivity contribution in [3.05, 3.63) is 29.8 Å². The first kappa shape index (κ1) is 11.5. The highest BCUT2D eigenvalue weighted by Gasteiger charge is 2.22. The number of nitrogens with zero attached hydrogens (tertiary/aromatic N) is 1. The summed E-state index contributed by atoms with van der Waals surface area (Å²) in [5.41, 5.74) is 1.21. The molecule has 2 atom stereocenters. The second kappa shape index (κ2) is 4.88. The summed E-state index contributed by atoms with van der Waals surface area (Å²) in [5, 5.41) is 9.43. The number of benzene rings is 1. The number of likely N-dealkylation sites (tertiary alicyclic amines) is 1. The number of phenolic OH excluding ortho intramolecular Hbond substituents is 1. The van der Waals surface area contributed by atoms with Crippen molar-refractivity contribution in [3.63, 3.8) is 0 Å². The molecule has 1 heterocycles. The zero-order chi connectivity index (χ0) is 11.5. The molecule has 0 bridgehead atoms. The van der Waals surface area contributed by atoms with Gasteiger partial charge in [-0.2, -0.15) is 0 Å². The first-order valence-corrected chi connectivity index (χ1v) is 6.17. The Labute approximate surface area is 97.9 Å². The largest absolute Gasteiger partial charge is 0.508 e. The maximum absolute atomic E-state index is 9.43. The summed E-state index contributed by atoms with van der Waals surface area (Å²) in [7, 11) is 0. The van der Waals surface area contributed by atoms with E-state index in [9.17, 15) is 5.11 Å². The lowest BCUT2D eigenvalue weighted by molar-refractivity contribution is 0.122. The fraction of sp³-hybridized carbons (Fsp3) is 0.571. The predicted molar refractivity (Wildman–Crippen MR) is 66.4 cm³/mol. The van der Waals surface area contributed by atoms with Crippen LogP contribution in [0.15, 0.2) is 24.3 Å². The molecule has 0 aliphatic carbocycles. The normalized spacial score (nSPS) is 26.9. The Balaban J connectivity index is 1.99. The fourth-order valence-electron chi connectivity index (χ4n) is 2.58. The molecule has 1 aromatic rings. The number of rotatable bonds is 2. The lowest BCUT2D eigenvalue weighted by Crippen LogP contribution is -2.39. The lowest BCUT2D eigenvalue weighted by Gasteiger charge is -2.36. The summed E-state index contributed by atoms with van der Waals surface area (Å²) >= 11 is 0. The molecular weight excluding hydrogens is 198 g/mol. The molecule has 0 saturated carbocycles. The monoisotopic (exact) mass is 219 g/mol. The van der Waals surface area contributed by atoms with E-state index in [4.69, 9.17) is 0 Å². The van der Waals surface area contributed by atoms with Crippen LogP contribution in [0.25, 0.3) is 0 Å². The molecule has 2 heteroatoms. The highest BCUT2D eigenvalue weighted by atomic mass is 16.3. The van der Waals surface area contributed by atoms with Gasteiger partial charge in [0.2, 0.25) is 0 Å². The average Bonchev–Trinajstić information content (AvgIpc) is 2.22. The molecule has 0 spiro atoms. The average molecular weight is 219 g/mol. The Bertz CT molecular complexity index is 350. The molecule has 1 aliphatic rings. The van der Waals surface area contributed by atoms with Gasteiger partial charge in [-0.3, -0.25) is 4.90 Å². The van der Waals surface area contributed by atoms with Crippen LogP contribution >= 0.6 is 0 Å². The standard InChI is InChI=1S/C14H21NO/c1-11-6-7-15(12(2)8-11)10-13-4-3-5-14(16)9-13/h3-5,9,11-12,16H,6-8,10H2,1-2H3. The van der Waals surface area contributed by atoms with Crippen molar-refractivity contribution in [2.75, 3.05) is 6.54 Å². The van der Waals surface area contributed by atoms with Crippen molar-refractivity contribution in [1.82, 2.24) is 4.90 Å². The molecule has 16 heavy (non-hydrogen) atoms. The van der Waals surface area contributed by atoms with Crippen LogP contribution in [0, 0.1) is 5.92 Å². The van der Waals surface area contributed by atoms with Crippen LogP contribution < -0.4 is 0 Å². The van der Waals surface area contributed by atoms with Crippen molar-refractivity contribution in [2.45, 2.75) is 39.3 Å². The molecule has 1 saturated heterocycles. The number of aromatic hydroxyl groups is 1. The molecule has 0 aromatic heterocycles. The predicted octanol–water partition coefficient (Wildman–Crippen LogP) is 3.01. The van der Waals surface area contributed by atoms with Crippen molar-refractivity contribution < 1.29 is 5.11 Å². The molecule has 88 valence electrons. The van der Waals surface area contributed by atoms with E-state index < -0.39 is 0 Å². The van der Waals surface area contributed by atoms with Gasteiger partial charge >= 0.3 is 0 Å². The van der Waals surface area contributed by atoms with E-state index in [0.717, 1.165) is 12.5 Å². The van der Waals surface area contributed by atoms with Gasteiger partial charge in [0.25, 0.3) is 0 Å². The van der Waals surface area contributed by atoms with Crippen LogP contribution in [-0.4, -0.2) is 22.6 Å². The Morgan fingerprint density at radius 2 is 2.19 bits per heavy atom. The van der Waals surface area contributed by atoms with Crippen LogP contribution in [0.3, 0.4) is 0 Å². The SMILES string of the molecule is CC1CCN(Cc2cccc(O)c2)C(C)C1. The molecular formula is C14H21NO. The Kier molecular flexibility index (Phi) is 3.49. The van der Waals surface area contributed by atoms with Gasteiger partial charge < -0.3 is 5.11 Å². The van der Waals surface area contributed by atoms with Gasteiger partial charge in [-0.15, -0.1) is 0 Å². The molecule has 0 radical (unpaired) electrons. The summed E-state index contributed by atoms with van der Waals surface area (Å²) < 4.78 is 0. The molecule has 1 fully saturated rings. The van der Waals surface area contributed by atoms with E-state index in [1.807, 2.05) is 12.1 Å². The zero-order valence-electron chi connectivity index (χ0n) is 10.2. The minimum Gasteiger partial charge on any atom is -0.508 e. The van der Waals surface area contributed by atoms with E-state index in [1.54, 1.807) is 6.07 Å².